The molecule has 0 spiro atoms. The molecule has 2 heterocycles. The van der Waals surface area contributed by atoms with E-state index in [1.165, 1.54) is 12.3 Å². The third kappa shape index (κ3) is 3.05. The summed E-state index contributed by atoms with van der Waals surface area (Å²) in [4.78, 5) is 15.7. The third-order valence-electron chi connectivity index (χ3n) is 4.83. The molecule has 0 amide bonds. The Hall–Kier alpha value is -2.80. The third-order valence-corrected chi connectivity index (χ3v) is 6.60. The highest BCUT2D eigenvalue weighted by Crippen LogP contribution is 2.33. The van der Waals surface area contributed by atoms with E-state index in [-0.39, 0.29) is 20.6 Å². The number of pyridine rings is 1. The highest BCUT2D eigenvalue weighted by molar-refractivity contribution is 7.91. The number of hydrogen-bond acceptors (Lipinski definition) is 5. The van der Waals surface area contributed by atoms with E-state index in [0.29, 0.717) is 30.2 Å². The van der Waals surface area contributed by atoms with Crippen molar-refractivity contribution >= 4 is 20.7 Å². The van der Waals surface area contributed by atoms with Gasteiger partial charge >= 0.3 is 0 Å². The Bertz CT molecular complexity index is 1220. The van der Waals surface area contributed by atoms with Gasteiger partial charge in [0.25, 0.3) is 0 Å². The van der Waals surface area contributed by atoms with E-state index in [9.17, 15) is 13.2 Å². The highest BCUT2D eigenvalue weighted by atomic mass is 32.2. The number of nitrogens with one attached hydrogen (secondary N) is 1. The van der Waals surface area contributed by atoms with Gasteiger partial charge in [-0.1, -0.05) is 32.9 Å². The van der Waals surface area contributed by atoms with Crippen molar-refractivity contribution in [1.29, 1.82) is 0 Å². The number of H-pyrrole nitrogens is 1. The van der Waals surface area contributed by atoms with Gasteiger partial charge in [-0.05, 0) is 29.2 Å². The van der Waals surface area contributed by atoms with Gasteiger partial charge in [0.1, 0.15) is 18.1 Å². The van der Waals surface area contributed by atoms with Crippen LogP contribution in [0.4, 0.5) is 0 Å². The lowest BCUT2D eigenvalue weighted by atomic mass is 9.87. The summed E-state index contributed by atoms with van der Waals surface area (Å²) in [5, 5.41) is 0.247. The number of aromatic nitrogens is 1. The lowest BCUT2D eigenvalue weighted by Crippen LogP contribution is -2.19. The molecule has 28 heavy (non-hydrogen) atoms. The van der Waals surface area contributed by atoms with E-state index in [1.807, 2.05) is 0 Å². The van der Waals surface area contributed by atoms with Gasteiger partial charge in [0, 0.05) is 12.3 Å². The number of rotatable bonds is 2. The highest BCUT2D eigenvalue weighted by Gasteiger charge is 2.24. The van der Waals surface area contributed by atoms with E-state index < -0.39 is 15.3 Å². The van der Waals surface area contributed by atoms with E-state index in [1.54, 1.807) is 30.3 Å². The Kier molecular flexibility index (Phi) is 4.23. The molecule has 7 heteroatoms. The predicted molar refractivity (Wildman–Crippen MR) is 106 cm³/mol. The summed E-state index contributed by atoms with van der Waals surface area (Å²) in [6.07, 6.45) is 1.24. The van der Waals surface area contributed by atoms with Gasteiger partial charge in [0.2, 0.25) is 15.3 Å². The van der Waals surface area contributed by atoms with E-state index in [2.05, 4.69) is 25.8 Å². The molecule has 1 aliphatic rings. The second kappa shape index (κ2) is 6.38. The molecule has 6 nitrogen and oxygen atoms in total. The van der Waals surface area contributed by atoms with Crippen LogP contribution in [0.2, 0.25) is 0 Å². The Morgan fingerprint density at radius 1 is 0.964 bits per heavy atom. The normalized spacial score (nSPS) is 14.2. The summed E-state index contributed by atoms with van der Waals surface area (Å²) in [5.74, 6) is 0.969. The average Bonchev–Trinajstić information content (AvgIpc) is 2.66. The maximum absolute atomic E-state index is 13.1. The molecule has 146 valence electrons. The van der Waals surface area contributed by atoms with E-state index in [0.717, 1.165) is 5.56 Å². The van der Waals surface area contributed by atoms with Crippen LogP contribution in [0.3, 0.4) is 0 Å². The number of aromatic amines is 1. The van der Waals surface area contributed by atoms with Crippen LogP contribution >= 0.6 is 0 Å². The Balaban J connectivity index is 1.83. The molecule has 0 bridgehead atoms. The minimum Gasteiger partial charge on any atom is -0.486 e. The van der Waals surface area contributed by atoms with Crippen LogP contribution in [0.5, 0.6) is 11.5 Å². The lowest BCUT2D eigenvalue weighted by molar-refractivity contribution is 0.172. The van der Waals surface area contributed by atoms with Gasteiger partial charge in [-0.2, -0.15) is 0 Å². The quantitative estimate of drug-likeness (QED) is 0.714. The molecule has 0 saturated heterocycles. The molecular formula is C21H21NO5S. The van der Waals surface area contributed by atoms with Crippen molar-refractivity contribution < 1.29 is 17.9 Å². The van der Waals surface area contributed by atoms with Crippen LogP contribution in [0.25, 0.3) is 10.9 Å². The zero-order valence-corrected chi connectivity index (χ0v) is 16.7. The van der Waals surface area contributed by atoms with Crippen LogP contribution in [0, 0.1) is 0 Å². The molecule has 3 aromatic rings. The van der Waals surface area contributed by atoms with Crippen molar-refractivity contribution in [2.24, 2.45) is 0 Å². The molecule has 1 aliphatic heterocycles. The first-order valence-corrected chi connectivity index (χ1v) is 10.5. The fourth-order valence-electron chi connectivity index (χ4n) is 3.20. The summed E-state index contributed by atoms with van der Waals surface area (Å²) < 4.78 is 37.2. The molecule has 0 unspecified atom stereocenters. The van der Waals surface area contributed by atoms with Crippen molar-refractivity contribution in [3.8, 4) is 11.5 Å². The van der Waals surface area contributed by atoms with Gasteiger partial charge in [0.05, 0.1) is 15.8 Å². The molecule has 4 rings (SSSR count). The maximum Gasteiger partial charge on any atom is 0.211 e. The molecule has 1 aromatic heterocycles. The number of benzene rings is 2. The molecule has 0 saturated carbocycles. The van der Waals surface area contributed by atoms with Crippen molar-refractivity contribution in [3.63, 3.8) is 0 Å². The zero-order valence-electron chi connectivity index (χ0n) is 15.9. The Morgan fingerprint density at radius 3 is 2.18 bits per heavy atom. The smallest absolute Gasteiger partial charge is 0.211 e. The topological polar surface area (TPSA) is 85.5 Å². The number of sulfone groups is 1. The SMILES string of the molecule is CC(C)(C)c1ccc(S(=O)(=O)c2c[nH]c3cc4c(cc3c2=O)OCCO4)cc1. The lowest BCUT2D eigenvalue weighted by Gasteiger charge is -2.19. The predicted octanol–water partition coefficient (Wildman–Crippen LogP) is 3.43. The maximum atomic E-state index is 13.1. The van der Waals surface area contributed by atoms with Gasteiger partial charge in [-0.25, -0.2) is 8.42 Å². The average molecular weight is 399 g/mol. The Morgan fingerprint density at radius 2 is 1.57 bits per heavy atom. The molecule has 1 N–H and O–H groups in total. The fourth-order valence-corrected chi connectivity index (χ4v) is 4.51. The van der Waals surface area contributed by atoms with Gasteiger partial charge < -0.3 is 14.5 Å². The summed E-state index contributed by atoms with van der Waals surface area (Å²) in [6, 6.07) is 9.84. The second-order valence-electron chi connectivity index (χ2n) is 7.80. The largest absolute Gasteiger partial charge is 0.486 e. The minimum atomic E-state index is -3.96. The van der Waals surface area contributed by atoms with Crippen molar-refractivity contribution in [1.82, 2.24) is 4.98 Å². The summed E-state index contributed by atoms with van der Waals surface area (Å²) in [5.41, 5.74) is 0.855. The molecule has 0 aliphatic carbocycles. The van der Waals surface area contributed by atoms with Gasteiger partial charge in [-0.15, -0.1) is 0 Å². The van der Waals surface area contributed by atoms with Crippen LogP contribution in [-0.4, -0.2) is 26.6 Å². The summed E-state index contributed by atoms with van der Waals surface area (Å²) >= 11 is 0. The molecule has 0 atom stereocenters. The standard InChI is InChI=1S/C21H21NO5S/c1-21(2,3)13-4-6-14(7-5-13)28(24,25)19-12-22-16-11-18-17(26-8-9-27-18)10-15(16)20(19)23/h4-7,10-12H,8-9H2,1-3H3,(H,22,23). The first kappa shape index (κ1) is 18.6. The van der Waals surface area contributed by atoms with Crippen molar-refractivity contribution in [2.75, 3.05) is 13.2 Å². The van der Waals surface area contributed by atoms with Crippen LogP contribution in [0.15, 0.2) is 57.2 Å². The summed E-state index contributed by atoms with van der Waals surface area (Å²) in [7, 11) is -3.96. The number of ether oxygens (including phenoxy) is 2. The minimum absolute atomic E-state index is 0.0860. The monoisotopic (exact) mass is 399 g/mol. The molecule has 2 aromatic carbocycles. The zero-order chi connectivity index (χ0) is 20.1. The first-order chi connectivity index (χ1) is 13.2. The first-order valence-electron chi connectivity index (χ1n) is 8.98. The van der Waals surface area contributed by atoms with Gasteiger partial charge in [-0.3, -0.25) is 4.79 Å². The number of hydrogen-bond donors (Lipinski definition) is 1. The van der Waals surface area contributed by atoms with E-state index >= 15 is 0 Å². The second-order valence-corrected chi connectivity index (χ2v) is 9.72. The Labute approximate surface area is 163 Å². The molecule has 0 radical (unpaired) electrons. The summed E-state index contributed by atoms with van der Waals surface area (Å²) in [6.45, 7) is 6.97. The fraction of sp³-hybridized carbons (Fsp3) is 0.286. The van der Waals surface area contributed by atoms with E-state index in [4.69, 9.17) is 9.47 Å². The molecular weight excluding hydrogens is 378 g/mol. The van der Waals surface area contributed by atoms with Crippen molar-refractivity contribution in [3.05, 3.63) is 58.4 Å². The molecule has 0 fully saturated rings. The van der Waals surface area contributed by atoms with Crippen LogP contribution in [-0.2, 0) is 15.3 Å². The van der Waals surface area contributed by atoms with Crippen LogP contribution in [0.1, 0.15) is 26.3 Å². The number of fused-ring (bicyclic) bond motifs is 2. The van der Waals surface area contributed by atoms with Gasteiger partial charge in [0.15, 0.2) is 11.5 Å². The van der Waals surface area contributed by atoms with Crippen LogP contribution < -0.4 is 14.9 Å². The van der Waals surface area contributed by atoms with Crippen molar-refractivity contribution in [2.45, 2.75) is 36.0 Å².